The first-order valence-electron chi connectivity index (χ1n) is 6.99. The number of alkyl halides is 3. The molecule has 0 heterocycles. The first kappa shape index (κ1) is 18.1. The number of ether oxygens (including phenoxy) is 2. The minimum atomic E-state index is -5.08. The number of allylic oxidation sites excluding steroid dienone is 1. The third-order valence-corrected chi connectivity index (χ3v) is 3.13. The maximum absolute atomic E-state index is 12.2. The van der Waals surface area contributed by atoms with Crippen molar-refractivity contribution in [2.75, 3.05) is 7.11 Å². The summed E-state index contributed by atoms with van der Waals surface area (Å²) >= 11 is 0. The van der Waals surface area contributed by atoms with E-state index in [0.717, 1.165) is 0 Å². The smallest absolute Gasteiger partial charge is 0.491 e. The zero-order valence-corrected chi connectivity index (χ0v) is 13.0. The summed E-state index contributed by atoms with van der Waals surface area (Å²) in [6.07, 6.45) is -3.60. The maximum atomic E-state index is 12.2. The molecule has 7 heteroatoms. The lowest BCUT2D eigenvalue weighted by atomic mass is 10.0. The van der Waals surface area contributed by atoms with Gasteiger partial charge in [0.15, 0.2) is 0 Å². The lowest BCUT2D eigenvalue weighted by molar-refractivity contribution is -0.189. The molecule has 0 aliphatic rings. The molecule has 0 atom stereocenters. The van der Waals surface area contributed by atoms with Crippen molar-refractivity contribution < 1.29 is 27.4 Å². The molecule has 2 rings (SSSR count). The zero-order chi connectivity index (χ0) is 18.4. The normalized spacial score (nSPS) is 11.6. The number of nitrogens with zero attached hydrogens (tertiary/aromatic N) is 1. The molecule has 0 aliphatic carbocycles. The van der Waals surface area contributed by atoms with Crippen LogP contribution in [0.25, 0.3) is 11.6 Å². The molecule has 0 saturated heterocycles. The average molecular weight is 347 g/mol. The van der Waals surface area contributed by atoms with Crippen molar-refractivity contribution in [1.82, 2.24) is 0 Å². The predicted molar refractivity (Wildman–Crippen MR) is 84.6 cm³/mol. The lowest BCUT2D eigenvalue weighted by Crippen LogP contribution is -2.27. The van der Waals surface area contributed by atoms with Crippen LogP contribution in [0.1, 0.15) is 11.1 Å². The van der Waals surface area contributed by atoms with Gasteiger partial charge in [0.1, 0.15) is 11.5 Å². The molecule has 0 bridgehead atoms. The summed E-state index contributed by atoms with van der Waals surface area (Å²) in [5.41, 5.74) is 1.32. The summed E-state index contributed by atoms with van der Waals surface area (Å²) in [4.78, 5) is 10.9. The van der Waals surface area contributed by atoms with E-state index in [0.29, 0.717) is 22.4 Å². The molecule has 0 aromatic heterocycles. The highest BCUT2D eigenvalue weighted by Gasteiger charge is 2.41. The quantitative estimate of drug-likeness (QED) is 0.359. The SMILES string of the molecule is COc1ccc(/C(C#N)=C\c2cccc(OC(=O)C(F)(F)F)c2)cc1. The molecule has 0 aliphatic heterocycles. The van der Waals surface area contributed by atoms with E-state index < -0.39 is 12.1 Å². The molecular weight excluding hydrogens is 335 g/mol. The van der Waals surface area contributed by atoms with Gasteiger partial charge in [0.2, 0.25) is 0 Å². The molecule has 0 unspecified atom stereocenters. The number of carbonyl (C=O) groups is 1. The van der Waals surface area contributed by atoms with Crippen LogP contribution in [0.4, 0.5) is 13.2 Å². The number of hydrogen-bond donors (Lipinski definition) is 0. The molecule has 0 saturated carbocycles. The van der Waals surface area contributed by atoms with E-state index >= 15 is 0 Å². The van der Waals surface area contributed by atoms with E-state index in [1.54, 1.807) is 30.3 Å². The zero-order valence-electron chi connectivity index (χ0n) is 13.0. The predicted octanol–water partition coefficient (Wildman–Crippen LogP) is 4.23. The minimum Gasteiger partial charge on any atom is -0.497 e. The van der Waals surface area contributed by atoms with Gasteiger partial charge in [-0.25, -0.2) is 4.79 Å². The van der Waals surface area contributed by atoms with E-state index in [1.165, 1.54) is 31.4 Å². The van der Waals surface area contributed by atoms with Crippen LogP contribution in [0.3, 0.4) is 0 Å². The van der Waals surface area contributed by atoms with Gasteiger partial charge in [-0.3, -0.25) is 0 Å². The second-order valence-corrected chi connectivity index (χ2v) is 4.86. The van der Waals surface area contributed by atoms with Gasteiger partial charge in [0, 0.05) is 0 Å². The molecule has 0 amide bonds. The van der Waals surface area contributed by atoms with Gasteiger partial charge in [0.25, 0.3) is 0 Å². The molecule has 4 nitrogen and oxygen atoms in total. The van der Waals surface area contributed by atoms with Crippen LogP contribution < -0.4 is 9.47 Å². The molecule has 0 N–H and O–H groups in total. The average Bonchev–Trinajstić information content (AvgIpc) is 2.59. The fraction of sp³-hybridized carbons (Fsp3) is 0.111. The Morgan fingerprint density at radius 3 is 2.36 bits per heavy atom. The van der Waals surface area contributed by atoms with Crippen LogP contribution in [0.2, 0.25) is 0 Å². The molecular formula is C18H12F3NO3. The number of esters is 1. The second-order valence-electron chi connectivity index (χ2n) is 4.86. The highest BCUT2D eigenvalue weighted by molar-refractivity contribution is 5.90. The monoisotopic (exact) mass is 347 g/mol. The van der Waals surface area contributed by atoms with Gasteiger partial charge in [0.05, 0.1) is 18.8 Å². The van der Waals surface area contributed by atoms with Gasteiger partial charge < -0.3 is 9.47 Å². The molecule has 128 valence electrons. The number of methoxy groups -OCH3 is 1. The number of carbonyl (C=O) groups excluding carboxylic acids is 1. The van der Waals surface area contributed by atoms with Crippen molar-refractivity contribution in [3.05, 3.63) is 59.7 Å². The summed E-state index contributed by atoms with van der Waals surface area (Å²) in [6, 6.07) is 14.2. The van der Waals surface area contributed by atoms with Gasteiger partial charge in [-0.2, -0.15) is 18.4 Å². The van der Waals surface area contributed by atoms with Crippen molar-refractivity contribution >= 4 is 17.6 Å². The van der Waals surface area contributed by atoms with Crippen LogP contribution in [0.15, 0.2) is 48.5 Å². The third kappa shape index (κ3) is 4.85. The van der Waals surface area contributed by atoms with E-state index in [2.05, 4.69) is 4.74 Å². The van der Waals surface area contributed by atoms with Crippen molar-refractivity contribution in [3.8, 4) is 17.6 Å². The van der Waals surface area contributed by atoms with Crippen LogP contribution >= 0.6 is 0 Å². The van der Waals surface area contributed by atoms with Crippen molar-refractivity contribution in [2.45, 2.75) is 6.18 Å². The Hall–Kier alpha value is -3.27. The molecule has 2 aromatic carbocycles. The number of benzene rings is 2. The minimum absolute atomic E-state index is 0.261. The van der Waals surface area contributed by atoms with Crippen LogP contribution in [0.5, 0.6) is 11.5 Å². The maximum Gasteiger partial charge on any atom is 0.491 e. The molecule has 0 radical (unpaired) electrons. The van der Waals surface area contributed by atoms with E-state index in [4.69, 9.17) is 4.74 Å². The van der Waals surface area contributed by atoms with Crippen LogP contribution in [-0.4, -0.2) is 19.3 Å². The summed E-state index contributed by atoms with van der Waals surface area (Å²) in [5.74, 6) is -1.94. The van der Waals surface area contributed by atoms with Gasteiger partial charge in [-0.1, -0.05) is 12.1 Å². The van der Waals surface area contributed by atoms with Crippen molar-refractivity contribution in [3.63, 3.8) is 0 Å². The second kappa shape index (κ2) is 7.53. The van der Waals surface area contributed by atoms with E-state index in [9.17, 15) is 23.2 Å². The fourth-order valence-electron chi connectivity index (χ4n) is 1.95. The summed E-state index contributed by atoms with van der Waals surface area (Å²) in [7, 11) is 1.52. The lowest BCUT2D eigenvalue weighted by Gasteiger charge is -2.07. The summed E-state index contributed by atoms with van der Waals surface area (Å²) < 4.78 is 46.0. The van der Waals surface area contributed by atoms with Crippen molar-refractivity contribution in [2.24, 2.45) is 0 Å². The van der Waals surface area contributed by atoms with Crippen LogP contribution in [0, 0.1) is 11.3 Å². The van der Waals surface area contributed by atoms with Gasteiger partial charge in [-0.05, 0) is 53.6 Å². The molecule has 2 aromatic rings. The number of nitriles is 1. The Morgan fingerprint density at radius 1 is 1.12 bits per heavy atom. The van der Waals surface area contributed by atoms with E-state index in [-0.39, 0.29) is 5.75 Å². The highest BCUT2D eigenvalue weighted by atomic mass is 19.4. The van der Waals surface area contributed by atoms with Crippen molar-refractivity contribution in [1.29, 1.82) is 5.26 Å². The Bertz CT molecular complexity index is 834. The number of hydrogen-bond acceptors (Lipinski definition) is 4. The first-order chi connectivity index (χ1) is 11.8. The summed E-state index contributed by atoms with van der Waals surface area (Å²) in [5, 5.41) is 9.31. The fourth-order valence-corrected chi connectivity index (χ4v) is 1.95. The Labute approximate surface area is 141 Å². The van der Waals surface area contributed by atoms with Gasteiger partial charge in [-0.15, -0.1) is 0 Å². The largest absolute Gasteiger partial charge is 0.497 e. The highest BCUT2D eigenvalue weighted by Crippen LogP contribution is 2.24. The molecule has 0 spiro atoms. The number of rotatable bonds is 4. The molecule has 25 heavy (non-hydrogen) atoms. The van der Waals surface area contributed by atoms with Gasteiger partial charge >= 0.3 is 12.1 Å². The molecule has 0 fully saturated rings. The Balaban J connectivity index is 2.27. The van der Waals surface area contributed by atoms with E-state index in [1.807, 2.05) is 6.07 Å². The first-order valence-corrected chi connectivity index (χ1v) is 6.99. The van der Waals surface area contributed by atoms with Crippen LogP contribution in [-0.2, 0) is 4.79 Å². The Morgan fingerprint density at radius 2 is 1.80 bits per heavy atom. The summed E-state index contributed by atoms with van der Waals surface area (Å²) in [6.45, 7) is 0. The third-order valence-electron chi connectivity index (χ3n) is 3.13. The topological polar surface area (TPSA) is 59.3 Å². The Kier molecular flexibility index (Phi) is 5.45. The standard InChI is InChI=1S/C18H12F3NO3/c1-24-15-7-5-13(6-8-15)14(11-22)9-12-3-2-4-16(10-12)25-17(23)18(19,20)21/h2-10H,1H3/b14-9-. The number of halogens is 3.